The Balaban J connectivity index is 2.23. The Kier molecular flexibility index (Phi) is 4.03. The number of anilines is 1. The van der Waals surface area contributed by atoms with Crippen molar-refractivity contribution in [2.24, 2.45) is 0 Å². The summed E-state index contributed by atoms with van der Waals surface area (Å²) in [4.78, 5) is 10.7. The van der Waals surface area contributed by atoms with Crippen molar-refractivity contribution >= 4 is 11.4 Å². The lowest BCUT2D eigenvalue weighted by molar-refractivity contribution is -0.384. The van der Waals surface area contributed by atoms with Gasteiger partial charge in [-0.3, -0.25) is 10.1 Å². The number of nitro groups is 1. The number of hydrogen-bond donors (Lipinski definition) is 1. The maximum atomic E-state index is 11.1. The molecule has 0 saturated carbocycles. The van der Waals surface area contributed by atoms with Crippen molar-refractivity contribution in [3.05, 3.63) is 68.8 Å². The second kappa shape index (κ2) is 5.74. The van der Waals surface area contributed by atoms with Crippen LogP contribution in [0.1, 0.15) is 22.3 Å². The zero-order chi connectivity index (χ0) is 14.7. The van der Waals surface area contributed by atoms with Crippen LogP contribution in [0.4, 0.5) is 11.4 Å². The Morgan fingerprint density at radius 2 is 1.90 bits per heavy atom. The first-order valence-electron chi connectivity index (χ1n) is 6.53. The van der Waals surface area contributed by atoms with Gasteiger partial charge in [0.2, 0.25) is 0 Å². The second-order valence-electron chi connectivity index (χ2n) is 4.99. The third kappa shape index (κ3) is 2.96. The summed E-state index contributed by atoms with van der Waals surface area (Å²) in [5, 5.41) is 14.2. The average molecular weight is 270 g/mol. The highest BCUT2D eigenvalue weighted by molar-refractivity contribution is 5.62. The Hall–Kier alpha value is -2.36. The topological polar surface area (TPSA) is 55.2 Å². The van der Waals surface area contributed by atoms with Gasteiger partial charge >= 0.3 is 0 Å². The van der Waals surface area contributed by atoms with E-state index in [1.165, 1.54) is 11.1 Å². The van der Waals surface area contributed by atoms with E-state index in [1.54, 1.807) is 12.1 Å². The van der Waals surface area contributed by atoms with Gasteiger partial charge in [-0.1, -0.05) is 24.3 Å². The summed E-state index contributed by atoms with van der Waals surface area (Å²) >= 11 is 0. The maximum absolute atomic E-state index is 11.1. The molecule has 0 amide bonds. The van der Waals surface area contributed by atoms with Crippen LogP contribution in [0.2, 0.25) is 0 Å². The van der Waals surface area contributed by atoms with Gasteiger partial charge in [0.1, 0.15) is 5.69 Å². The fraction of sp³-hybridized carbons (Fsp3) is 0.250. The Labute approximate surface area is 118 Å². The third-order valence-electron chi connectivity index (χ3n) is 3.54. The summed E-state index contributed by atoms with van der Waals surface area (Å²) < 4.78 is 0. The molecule has 2 aromatic rings. The molecule has 104 valence electrons. The highest BCUT2D eigenvalue weighted by Crippen LogP contribution is 2.26. The van der Waals surface area contributed by atoms with E-state index in [1.807, 2.05) is 25.1 Å². The van der Waals surface area contributed by atoms with E-state index in [0.29, 0.717) is 12.2 Å². The Morgan fingerprint density at radius 3 is 2.60 bits per heavy atom. The smallest absolute Gasteiger partial charge is 0.292 e. The minimum atomic E-state index is -0.349. The molecule has 2 aromatic carbocycles. The van der Waals surface area contributed by atoms with E-state index < -0.39 is 0 Å². The maximum Gasteiger partial charge on any atom is 0.292 e. The lowest BCUT2D eigenvalue weighted by atomic mass is 10.0. The van der Waals surface area contributed by atoms with E-state index in [9.17, 15) is 10.1 Å². The predicted molar refractivity (Wildman–Crippen MR) is 81.1 cm³/mol. The van der Waals surface area contributed by atoms with Crippen molar-refractivity contribution < 1.29 is 4.92 Å². The monoisotopic (exact) mass is 270 g/mol. The lowest BCUT2D eigenvalue weighted by Crippen LogP contribution is -2.04. The third-order valence-corrected chi connectivity index (χ3v) is 3.54. The van der Waals surface area contributed by atoms with Crippen molar-refractivity contribution in [1.29, 1.82) is 0 Å². The van der Waals surface area contributed by atoms with Crippen molar-refractivity contribution in [3.8, 4) is 0 Å². The van der Waals surface area contributed by atoms with Gasteiger partial charge in [0.15, 0.2) is 0 Å². The molecular formula is C16H18N2O2. The molecule has 0 aliphatic rings. The van der Waals surface area contributed by atoms with Gasteiger partial charge in [-0.25, -0.2) is 0 Å². The standard InChI is InChI=1S/C16H18N2O2/c1-11-7-8-15(16(9-11)18(19)20)17-10-14-6-4-5-12(2)13(14)3/h4-9,17H,10H2,1-3H3. The van der Waals surface area contributed by atoms with Gasteiger partial charge in [0.25, 0.3) is 5.69 Å². The normalized spacial score (nSPS) is 10.3. The minimum absolute atomic E-state index is 0.121. The van der Waals surface area contributed by atoms with Gasteiger partial charge in [-0.2, -0.15) is 0 Å². The molecule has 0 aliphatic carbocycles. The molecule has 0 aromatic heterocycles. The van der Waals surface area contributed by atoms with Crippen LogP contribution in [0, 0.1) is 30.9 Å². The zero-order valence-electron chi connectivity index (χ0n) is 11.9. The van der Waals surface area contributed by atoms with Gasteiger partial charge in [0, 0.05) is 12.6 Å². The van der Waals surface area contributed by atoms with Crippen molar-refractivity contribution in [1.82, 2.24) is 0 Å². The molecule has 0 spiro atoms. The number of nitro benzene ring substituents is 1. The molecule has 0 aliphatic heterocycles. The van der Waals surface area contributed by atoms with Crippen LogP contribution in [-0.4, -0.2) is 4.92 Å². The summed E-state index contributed by atoms with van der Waals surface area (Å²) in [5.74, 6) is 0. The summed E-state index contributed by atoms with van der Waals surface area (Å²) in [7, 11) is 0. The molecule has 0 atom stereocenters. The Bertz CT molecular complexity index is 651. The van der Waals surface area contributed by atoms with Gasteiger partial charge in [0.05, 0.1) is 4.92 Å². The number of nitrogens with zero attached hydrogens (tertiary/aromatic N) is 1. The molecule has 1 N–H and O–H groups in total. The molecule has 4 heteroatoms. The summed E-state index contributed by atoms with van der Waals surface area (Å²) in [6, 6.07) is 11.3. The molecular weight excluding hydrogens is 252 g/mol. The van der Waals surface area contributed by atoms with Crippen molar-refractivity contribution in [3.63, 3.8) is 0 Å². The van der Waals surface area contributed by atoms with Gasteiger partial charge < -0.3 is 5.32 Å². The molecule has 0 radical (unpaired) electrons. The van der Waals surface area contributed by atoms with Crippen LogP contribution in [0.3, 0.4) is 0 Å². The minimum Gasteiger partial charge on any atom is -0.375 e. The first kappa shape index (κ1) is 14.1. The Morgan fingerprint density at radius 1 is 1.15 bits per heavy atom. The van der Waals surface area contributed by atoms with E-state index in [4.69, 9.17) is 0 Å². The molecule has 0 bridgehead atoms. The number of aryl methyl sites for hydroxylation is 2. The molecule has 0 unspecified atom stereocenters. The fourth-order valence-corrected chi connectivity index (χ4v) is 2.14. The van der Waals surface area contributed by atoms with E-state index >= 15 is 0 Å². The SMILES string of the molecule is Cc1ccc(NCc2cccc(C)c2C)c([N+](=O)[O-])c1. The summed E-state index contributed by atoms with van der Waals surface area (Å²) in [5.41, 5.74) is 5.16. The van der Waals surface area contributed by atoms with Crippen LogP contribution >= 0.6 is 0 Å². The number of benzene rings is 2. The van der Waals surface area contributed by atoms with Crippen molar-refractivity contribution in [2.75, 3.05) is 5.32 Å². The first-order chi connectivity index (χ1) is 9.49. The van der Waals surface area contributed by atoms with Crippen molar-refractivity contribution in [2.45, 2.75) is 27.3 Å². The predicted octanol–water partition coefficient (Wildman–Crippen LogP) is 4.13. The van der Waals surface area contributed by atoms with E-state index in [2.05, 4.69) is 25.2 Å². The van der Waals surface area contributed by atoms with E-state index in [-0.39, 0.29) is 10.6 Å². The van der Waals surface area contributed by atoms with Crippen LogP contribution in [0.15, 0.2) is 36.4 Å². The highest BCUT2D eigenvalue weighted by atomic mass is 16.6. The molecule has 4 nitrogen and oxygen atoms in total. The highest BCUT2D eigenvalue weighted by Gasteiger charge is 2.13. The molecule has 20 heavy (non-hydrogen) atoms. The molecule has 2 rings (SSSR count). The quantitative estimate of drug-likeness (QED) is 0.671. The average Bonchev–Trinajstić information content (AvgIpc) is 2.41. The van der Waals surface area contributed by atoms with Crippen LogP contribution in [0.25, 0.3) is 0 Å². The number of nitrogens with one attached hydrogen (secondary N) is 1. The summed E-state index contributed by atoms with van der Waals surface area (Å²) in [6.07, 6.45) is 0. The molecule has 0 fully saturated rings. The van der Waals surface area contributed by atoms with Crippen LogP contribution in [-0.2, 0) is 6.54 Å². The first-order valence-corrected chi connectivity index (χ1v) is 6.53. The number of hydrogen-bond acceptors (Lipinski definition) is 3. The molecule has 0 heterocycles. The van der Waals surface area contributed by atoms with Gasteiger partial charge in [-0.15, -0.1) is 0 Å². The van der Waals surface area contributed by atoms with Crippen LogP contribution < -0.4 is 5.32 Å². The van der Waals surface area contributed by atoms with E-state index in [0.717, 1.165) is 11.1 Å². The fourth-order valence-electron chi connectivity index (χ4n) is 2.14. The second-order valence-corrected chi connectivity index (χ2v) is 4.99. The summed E-state index contributed by atoms with van der Waals surface area (Å²) in [6.45, 7) is 6.56. The largest absolute Gasteiger partial charge is 0.375 e. The molecule has 0 saturated heterocycles. The van der Waals surface area contributed by atoms with Gasteiger partial charge in [-0.05, 0) is 49.1 Å². The lowest BCUT2D eigenvalue weighted by Gasteiger charge is -2.11. The number of rotatable bonds is 4. The van der Waals surface area contributed by atoms with Crippen LogP contribution in [0.5, 0.6) is 0 Å². The zero-order valence-corrected chi connectivity index (χ0v) is 11.9.